The van der Waals surface area contributed by atoms with Gasteiger partial charge in [-0.3, -0.25) is 0 Å². The average Bonchev–Trinajstić information content (AvgIpc) is 2.52. The molecular weight excluding hydrogens is 258 g/mol. The molecule has 2 rings (SSSR count). The van der Waals surface area contributed by atoms with Crippen LogP contribution in [0.5, 0.6) is 0 Å². The molecule has 1 unspecified atom stereocenters. The van der Waals surface area contributed by atoms with Gasteiger partial charge in [0.05, 0.1) is 0 Å². The van der Waals surface area contributed by atoms with Gasteiger partial charge in [-0.25, -0.2) is 5.43 Å². The van der Waals surface area contributed by atoms with Crippen molar-refractivity contribution < 1.29 is 0 Å². The molecule has 0 saturated heterocycles. The van der Waals surface area contributed by atoms with E-state index in [1.807, 2.05) is 6.08 Å². The van der Waals surface area contributed by atoms with Crippen LogP contribution in [0.15, 0.2) is 36.9 Å². The minimum absolute atomic E-state index is 0.551. The van der Waals surface area contributed by atoms with Crippen molar-refractivity contribution >= 4 is 11.3 Å². The third-order valence-electron chi connectivity index (χ3n) is 4.00. The van der Waals surface area contributed by atoms with Crippen molar-refractivity contribution in [2.45, 2.75) is 26.7 Å². The number of hydrazine groups is 1. The third-order valence-corrected chi connectivity index (χ3v) is 4.00. The predicted molar refractivity (Wildman–Crippen MR) is 92.2 cm³/mol. The number of rotatable bonds is 7. The second-order valence-electron chi connectivity index (χ2n) is 5.77. The zero-order valence-electron chi connectivity index (χ0n) is 13.2. The maximum atomic E-state index is 3.81. The fourth-order valence-corrected chi connectivity index (χ4v) is 2.55. The van der Waals surface area contributed by atoms with Gasteiger partial charge in [0.2, 0.25) is 0 Å². The molecule has 1 aliphatic heterocycles. The molecule has 0 radical (unpaired) electrons. The SMILES string of the molecule is C=CC(C)CCNNc1ccc(C2=CCNCC2)c(C)c1. The lowest BCUT2D eigenvalue weighted by Crippen LogP contribution is -2.24. The smallest absolute Gasteiger partial charge is 0.0490 e. The first kappa shape index (κ1) is 15.8. The van der Waals surface area contributed by atoms with Crippen LogP contribution in [-0.4, -0.2) is 19.6 Å². The number of aryl methyl sites for hydroxylation is 1. The van der Waals surface area contributed by atoms with E-state index in [9.17, 15) is 0 Å². The number of benzene rings is 1. The van der Waals surface area contributed by atoms with Crippen LogP contribution in [0.1, 0.15) is 30.9 Å². The number of anilines is 1. The minimum atomic E-state index is 0.551. The molecule has 0 spiro atoms. The highest BCUT2D eigenvalue weighted by Crippen LogP contribution is 2.25. The van der Waals surface area contributed by atoms with Crippen molar-refractivity contribution in [2.24, 2.45) is 5.92 Å². The van der Waals surface area contributed by atoms with E-state index in [1.54, 1.807) is 0 Å². The van der Waals surface area contributed by atoms with Crippen LogP contribution in [-0.2, 0) is 0 Å². The van der Waals surface area contributed by atoms with Gasteiger partial charge in [-0.05, 0) is 61.1 Å². The van der Waals surface area contributed by atoms with Gasteiger partial charge in [0.1, 0.15) is 0 Å². The van der Waals surface area contributed by atoms with Crippen molar-refractivity contribution in [2.75, 3.05) is 25.1 Å². The lowest BCUT2D eigenvalue weighted by Gasteiger charge is -2.17. The summed E-state index contributed by atoms with van der Waals surface area (Å²) in [4.78, 5) is 0. The highest BCUT2D eigenvalue weighted by Gasteiger charge is 2.08. The number of allylic oxidation sites excluding steroid dienone is 1. The van der Waals surface area contributed by atoms with Crippen molar-refractivity contribution in [1.29, 1.82) is 0 Å². The standard InChI is InChI=1S/C18H27N3/c1-4-14(2)7-12-20-21-17-5-6-18(15(3)13-17)16-8-10-19-11-9-16/h4-6,8,13-14,19-21H,1,7,9-12H2,2-3H3. The Kier molecular flexibility index (Phi) is 6.03. The molecule has 1 atom stereocenters. The van der Waals surface area contributed by atoms with E-state index in [0.717, 1.165) is 38.2 Å². The van der Waals surface area contributed by atoms with E-state index < -0.39 is 0 Å². The molecule has 0 fully saturated rings. The second kappa shape index (κ2) is 8.01. The van der Waals surface area contributed by atoms with Crippen molar-refractivity contribution in [3.8, 4) is 0 Å². The second-order valence-corrected chi connectivity index (χ2v) is 5.77. The molecule has 1 aromatic carbocycles. The van der Waals surface area contributed by atoms with Gasteiger partial charge in [-0.1, -0.05) is 25.1 Å². The van der Waals surface area contributed by atoms with Gasteiger partial charge >= 0.3 is 0 Å². The van der Waals surface area contributed by atoms with Gasteiger partial charge in [-0.15, -0.1) is 6.58 Å². The van der Waals surface area contributed by atoms with E-state index >= 15 is 0 Å². The maximum Gasteiger partial charge on any atom is 0.0490 e. The Bertz CT molecular complexity index is 505. The third kappa shape index (κ3) is 4.73. The zero-order chi connectivity index (χ0) is 15.1. The normalized spacial score (nSPS) is 16.2. The fraction of sp³-hybridized carbons (Fsp3) is 0.444. The molecule has 3 heteroatoms. The molecule has 0 bridgehead atoms. The number of nitrogens with one attached hydrogen (secondary N) is 3. The molecule has 3 nitrogen and oxygen atoms in total. The summed E-state index contributed by atoms with van der Waals surface area (Å²) in [7, 11) is 0. The summed E-state index contributed by atoms with van der Waals surface area (Å²) in [5.41, 5.74) is 11.8. The topological polar surface area (TPSA) is 36.1 Å². The largest absolute Gasteiger partial charge is 0.321 e. The van der Waals surface area contributed by atoms with Crippen LogP contribution in [0.25, 0.3) is 5.57 Å². The van der Waals surface area contributed by atoms with Crippen molar-refractivity contribution in [3.63, 3.8) is 0 Å². The maximum absolute atomic E-state index is 3.81. The summed E-state index contributed by atoms with van der Waals surface area (Å²) >= 11 is 0. The van der Waals surface area contributed by atoms with E-state index in [0.29, 0.717) is 5.92 Å². The summed E-state index contributed by atoms with van der Waals surface area (Å²) in [6, 6.07) is 6.58. The molecule has 0 aromatic heterocycles. The number of hydrogen-bond acceptors (Lipinski definition) is 3. The molecule has 0 amide bonds. The van der Waals surface area contributed by atoms with Gasteiger partial charge in [0.25, 0.3) is 0 Å². The molecule has 0 aliphatic carbocycles. The van der Waals surface area contributed by atoms with E-state index in [1.165, 1.54) is 16.7 Å². The van der Waals surface area contributed by atoms with Gasteiger partial charge in [-0.2, -0.15) is 0 Å². The number of hydrogen-bond donors (Lipinski definition) is 3. The first-order chi connectivity index (χ1) is 10.2. The van der Waals surface area contributed by atoms with Crippen LogP contribution in [0, 0.1) is 12.8 Å². The first-order valence-corrected chi connectivity index (χ1v) is 7.83. The fourth-order valence-electron chi connectivity index (χ4n) is 2.55. The minimum Gasteiger partial charge on any atom is -0.321 e. The molecule has 114 valence electrons. The van der Waals surface area contributed by atoms with E-state index in [4.69, 9.17) is 0 Å². The van der Waals surface area contributed by atoms with E-state index in [-0.39, 0.29) is 0 Å². The van der Waals surface area contributed by atoms with Crippen LogP contribution < -0.4 is 16.2 Å². The lowest BCUT2D eigenvalue weighted by atomic mass is 9.96. The predicted octanol–water partition coefficient (Wildman–Crippen LogP) is 3.50. The summed E-state index contributed by atoms with van der Waals surface area (Å²) in [5, 5.41) is 3.36. The zero-order valence-corrected chi connectivity index (χ0v) is 13.2. The molecule has 21 heavy (non-hydrogen) atoms. The summed E-state index contributed by atoms with van der Waals surface area (Å²) in [6.45, 7) is 11.2. The molecule has 1 aromatic rings. The Hall–Kier alpha value is -1.58. The summed E-state index contributed by atoms with van der Waals surface area (Å²) in [6.07, 6.45) is 6.50. The van der Waals surface area contributed by atoms with Crippen LogP contribution in [0.2, 0.25) is 0 Å². The Labute approximate surface area is 128 Å². The lowest BCUT2D eigenvalue weighted by molar-refractivity contribution is 0.609. The van der Waals surface area contributed by atoms with E-state index in [2.05, 4.69) is 60.9 Å². The highest BCUT2D eigenvalue weighted by molar-refractivity contribution is 5.71. The molecule has 0 saturated carbocycles. The van der Waals surface area contributed by atoms with Crippen LogP contribution in [0.4, 0.5) is 5.69 Å². The monoisotopic (exact) mass is 285 g/mol. The Balaban J connectivity index is 1.90. The molecule has 3 N–H and O–H groups in total. The summed E-state index contributed by atoms with van der Waals surface area (Å²) in [5.74, 6) is 0.551. The Morgan fingerprint density at radius 3 is 2.95 bits per heavy atom. The molecule has 1 aliphatic rings. The Morgan fingerprint density at radius 1 is 1.43 bits per heavy atom. The quantitative estimate of drug-likeness (QED) is 0.408. The molecular formula is C18H27N3. The summed E-state index contributed by atoms with van der Waals surface area (Å²) < 4.78 is 0. The van der Waals surface area contributed by atoms with Crippen LogP contribution in [0.3, 0.4) is 0 Å². The highest BCUT2D eigenvalue weighted by atomic mass is 15.3. The first-order valence-electron chi connectivity index (χ1n) is 7.83. The van der Waals surface area contributed by atoms with Gasteiger partial charge in [0.15, 0.2) is 0 Å². The molecule has 1 heterocycles. The van der Waals surface area contributed by atoms with Crippen LogP contribution >= 0.6 is 0 Å². The van der Waals surface area contributed by atoms with Crippen molar-refractivity contribution in [3.05, 3.63) is 48.1 Å². The van der Waals surface area contributed by atoms with Gasteiger partial charge < -0.3 is 10.7 Å². The Morgan fingerprint density at radius 2 is 2.29 bits per heavy atom. The van der Waals surface area contributed by atoms with Crippen molar-refractivity contribution in [1.82, 2.24) is 10.7 Å². The average molecular weight is 285 g/mol. The van der Waals surface area contributed by atoms with Gasteiger partial charge in [0, 0.05) is 18.8 Å².